The van der Waals surface area contributed by atoms with Crippen LogP contribution in [0.4, 0.5) is 0 Å². The van der Waals surface area contributed by atoms with Gasteiger partial charge in [0.15, 0.2) is 0 Å². The third-order valence-corrected chi connectivity index (χ3v) is 3.58. The number of rotatable bonds is 7. The molecule has 1 N–H and O–H groups in total. The van der Waals surface area contributed by atoms with Crippen molar-refractivity contribution in [3.05, 3.63) is 35.4 Å². The Kier molecular flexibility index (Phi) is 6.53. The van der Waals surface area contributed by atoms with Crippen molar-refractivity contribution in [3.8, 4) is 0 Å². The number of aryl methyl sites for hydroxylation is 1. The molecule has 0 aliphatic heterocycles. The van der Waals surface area contributed by atoms with E-state index in [2.05, 4.69) is 76.1 Å². The molecule has 0 fully saturated rings. The van der Waals surface area contributed by atoms with Gasteiger partial charge in [-0.15, -0.1) is 0 Å². The molecule has 0 aromatic heterocycles. The normalized spacial score (nSPS) is 13.5. The summed E-state index contributed by atoms with van der Waals surface area (Å²) in [6.07, 6.45) is 0. The van der Waals surface area contributed by atoms with Crippen molar-refractivity contribution in [1.82, 2.24) is 10.2 Å². The van der Waals surface area contributed by atoms with Crippen molar-refractivity contribution >= 4 is 0 Å². The second-order valence-corrected chi connectivity index (χ2v) is 6.19. The van der Waals surface area contributed by atoms with E-state index < -0.39 is 0 Å². The molecule has 0 aliphatic rings. The fourth-order valence-corrected chi connectivity index (χ4v) is 2.36. The van der Waals surface area contributed by atoms with Gasteiger partial charge in [0.1, 0.15) is 0 Å². The lowest BCUT2D eigenvalue weighted by Crippen LogP contribution is -2.40. The summed E-state index contributed by atoms with van der Waals surface area (Å²) in [5.41, 5.74) is 2.70. The van der Waals surface area contributed by atoms with Crippen LogP contribution in [0.5, 0.6) is 0 Å². The molecule has 1 unspecified atom stereocenters. The lowest BCUT2D eigenvalue weighted by atomic mass is 10.0. The average Bonchev–Trinajstić information content (AvgIpc) is 2.35. The minimum absolute atomic E-state index is 0.404. The third kappa shape index (κ3) is 5.33. The summed E-state index contributed by atoms with van der Waals surface area (Å²) in [6, 6.07) is 9.86. The van der Waals surface area contributed by atoms with Crippen molar-refractivity contribution in [2.75, 3.05) is 20.1 Å². The van der Waals surface area contributed by atoms with Gasteiger partial charge in [0.05, 0.1) is 0 Å². The van der Waals surface area contributed by atoms with Crippen molar-refractivity contribution in [3.63, 3.8) is 0 Å². The number of hydrogen-bond acceptors (Lipinski definition) is 2. The van der Waals surface area contributed by atoms with Crippen LogP contribution < -0.4 is 5.32 Å². The van der Waals surface area contributed by atoms with E-state index >= 15 is 0 Å². The largest absolute Gasteiger partial charge is 0.312 e. The minimum atomic E-state index is 0.404. The van der Waals surface area contributed by atoms with Gasteiger partial charge in [0.25, 0.3) is 0 Å². The van der Waals surface area contributed by atoms with E-state index in [9.17, 15) is 0 Å². The van der Waals surface area contributed by atoms with Crippen molar-refractivity contribution < 1.29 is 0 Å². The number of likely N-dealkylation sites (N-methyl/N-ethyl adjacent to an activating group) is 1. The molecule has 0 bridgehead atoms. The Morgan fingerprint density at radius 2 is 1.58 bits per heavy atom. The van der Waals surface area contributed by atoms with E-state index in [1.54, 1.807) is 0 Å². The summed E-state index contributed by atoms with van der Waals surface area (Å²) >= 11 is 0. The van der Waals surface area contributed by atoms with E-state index in [1.165, 1.54) is 11.1 Å². The van der Waals surface area contributed by atoms with Crippen LogP contribution >= 0.6 is 0 Å². The number of nitrogens with one attached hydrogen (secondary N) is 1. The first-order chi connectivity index (χ1) is 8.93. The van der Waals surface area contributed by atoms with Gasteiger partial charge in [0.2, 0.25) is 0 Å². The minimum Gasteiger partial charge on any atom is -0.312 e. The highest BCUT2D eigenvalue weighted by Crippen LogP contribution is 2.17. The fourth-order valence-electron chi connectivity index (χ4n) is 2.36. The molecule has 0 spiro atoms. The molecule has 1 atom stereocenters. The highest BCUT2D eigenvalue weighted by Gasteiger charge is 2.17. The molecule has 19 heavy (non-hydrogen) atoms. The molecule has 1 aromatic rings. The van der Waals surface area contributed by atoms with Crippen LogP contribution in [0.25, 0.3) is 0 Å². The van der Waals surface area contributed by atoms with Crippen LogP contribution in [0.2, 0.25) is 0 Å². The van der Waals surface area contributed by atoms with Gasteiger partial charge in [-0.1, -0.05) is 43.7 Å². The Bertz CT molecular complexity index is 354. The van der Waals surface area contributed by atoms with Crippen LogP contribution in [0.3, 0.4) is 0 Å². The van der Waals surface area contributed by atoms with Crippen molar-refractivity contribution in [1.29, 1.82) is 0 Å². The number of benzene rings is 1. The monoisotopic (exact) mass is 262 g/mol. The molecular formula is C17H30N2. The summed E-state index contributed by atoms with van der Waals surface area (Å²) in [4.78, 5) is 2.56. The molecule has 0 saturated carbocycles. The summed E-state index contributed by atoms with van der Waals surface area (Å²) in [5, 5.41) is 3.45. The molecule has 0 aliphatic carbocycles. The quantitative estimate of drug-likeness (QED) is 0.807. The second kappa shape index (κ2) is 7.66. The van der Waals surface area contributed by atoms with Crippen molar-refractivity contribution in [2.24, 2.45) is 5.92 Å². The maximum absolute atomic E-state index is 3.45. The van der Waals surface area contributed by atoms with Gasteiger partial charge in [-0.25, -0.2) is 0 Å². The Labute approximate surface area is 119 Å². The summed E-state index contributed by atoms with van der Waals surface area (Å²) in [5.74, 6) is 0.706. The molecular weight excluding hydrogens is 232 g/mol. The molecule has 2 nitrogen and oxygen atoms in total. The molecule has 108 valence electrons. The molecule has 1 aromatic carbocycles. The zero-order chi connectivity index (χ0) is 14.4. The van der Waals surface area contributed by atoms with Crippen LogP contribution in [-0.2, 0) is 0 Å². The molecule has 0 heterocycles. The molecule has 0 saturated heterocycles. The van der Waals surface area contributed by atoms with E-state index in [0.29, 0.717) is 18.0 Å². The summed E-state index contributed by atoms with van der Waals surface area (Å²) in [6.45, 7) is 13.5. The van der Waals surface area contributed by atoms with E-state index in [4.69, 9.17) is 0 Å². The van der Waals surface area contributed by atoms with Crippen LogP contribution in [0, 0.1) is 12.8 Å². The highest BCUT2D eigenvalue weighted by atomic mass is 15.2. The van der Waals surface area contributed by atoms with Gasteiger partial charge < -0.3 is 5.32 Å². The lowest BCUT2D eigenvalue weighted by Gasteiger charge is -2.32. The SMILES string of the molecule is CNC(CN(CC(C)C)C(C)C)c1ccc(C)cc1. The van der Waals surface area contributed by atoms with Gasteiger partial charge >= 0.3 is 0 Å². The van der Waals surface area contributed by atoms with E-state index in [1.807, 2.05) is 0 Å². The topological polar surface area (TPSA) is 15.3 Å². The molecule has 2 heteroatoms. The Morgan fingerprint density at radius 3 is 2.00 bits per heavy atom. The molecule has 1 rings (SSSR count). The van der Waals surface area contributed by atoms with Crippen LogP contribution in [0.1, 0.15) is 44.9 Å². The lowest BCUT2D eigenvalue weighted by molar-refractivity contribution is 0.179. The smallest absolute Gasteiger partial charge is 0.0446 e. The molecule has 0 radical (unpaired) electrons. The first kappa shape index (κ1) is 16.2. The second-order valence-electron chi connectivity index (χ2n) is 6.19. The standard InChI is InChI=1S/C17H30N2/c1-13(2)11-19(14(3)4)12-17(18-6)16-9-7-15(5)8-10-16/h7-10,13-14,17-18H,11-12H2,1-6H3. The van der Waals surface area contributed by atoms with Gasteiger partial charge in [-0.2, -0.15) is 0 Å². The van der Waals surface area contributed by atoms with Crippen LogP contribution in [0.15, 0.2) is 24.3 Å². The Balaban J connectivity index is 2.76. The van der Waals surface area contributed by atoms with E-state index in [-0.39, 0.29) is 0 Å². The highest BCUT2D eigenvalue weighted by molar-refractivity contribution is 5.24. The third-order valence-electron chi connectivity index (χ3n) is 3.58. The Morgan fingerprint density at radius 1 is 1.00 bits per heavy atom. The summed E-state index contributed by atoms with van der Waals surface area (Å²) < 4.78 is 0. The maximum Gasteiger partial charge on any atom is 0.0446 e. The molecule has 0 amide bonds. The van der Waals surface area contributed by atoms with Gasteiger partial charge in [-0.3, -0.25) is 4.90 Å². The first-order valence-electron chi connectivity index (χ1n) is 7.42. The number of nitrogens with zero attached hydrogens (tertiary/aromatic N) is 1. The van der Waals surface area contributed by atoms with Crippen molar-refractivity contribution in [2.45, 2.75) is 46.7 Å². The predicted octanol–water partition coefficient (Wildman–Crippen LogP) is 3.62. The fraction of sp³-hybridized carbons (Fsp3) is 0.647. The van der Waals surface area contributed by atoms with Gasteiger partial charge in [-0.05, 0) is 39.3 Å². The predicted molar refractivity (Wildman–Crippen MR) is 84.5 cm³/mol. The van der Waals surface area contributed by atoms with E-state index in [0.717, 1.165) is 13.1 Å². The number of hydrogen-bond donors (Lipinski definition) is 1. The van der Waals surface area contributed by atoms with Crippen LogP contribution in [-0.4, -0.2) is 31.1 Å². The maximum atomic E-state index is 3.45. The average molecular weight is 262 g/mol. The summed E-state index contributed by atoms with van der Waals surface area (Å²) in [7, 11) is 2.05. The first-order valence-corrected chi connectivity index (χ1v) is 7.42. The zero-order valence-corrected chi connectivity index (χ0v) is 13.4. The Hall–Kier alpha value is -0.860. The zero-order valence-electron chi connectivity index (χ0n) is 13.4. The van der Waals surface area contributed by atoms with Gasteiger partial charge in [0, 0.05) is 25.2 Å².